The van der Waals surface area contributed by atoms with E-state index >= 15 is 0 Å². The molecule has 0 fully saturated rings. The summed E-state index contributed by atoms with van der Waals surface area (Å²) >= 11 is 0. The van der Waals surface area contributed by atoms with Crippen LogP contribution < -0.4 is 5.32 Å². The minimum absolute atomic E-state index is 0.0363. The molecule has 1 N–H and O–H groups in total. The molecule has 5 nitrogen and oxygen atoms in total. The number of nitrogens with one attached hydrogen (secondary N) is 1. The predicted octanol–water partition coefficient (Wildman–Crippen LogP) is 1.39. The zero-order valence-corrected chi connectivity index (χ0v) is 10.1. The number of hydrogen-bond acceptors (Lipinski definition) is 3. The molecule has 0 aromatic carbocycles. The van der Waals surface area contributed by atoms with Crippen LogP contribution in [0.25, 0.3) is 5.65 Å². The van der Waals surface area contributed by atoms with Gasteiger partial charge in [0, 0.05) is 12.1 Å². The summed E-state index contributed by atoms with van der Waals surface area (Å²) in [5, 5.41) is 10.9. The number of pyridine rings is 1. The van der Waals surface area contributed by atoms with Crippen molar-refractivity contribution in [3.63, 3.8) is 0 Å². The minimum Gasteiger partial charge on any atom is -0.349 e. The minimum atomic E-state index is 0.0363. The van der Waals surface area contributed by atoms with Gasteiger partial charge in [-0.25, -0.2) is 0 Å². The lowest BCUT2D eigenvalue weighted by Crippen LogP contribution is -2.29. The van der Waals surface area contributed by atoms with Gasteiger partial charge in [0.05, 0.1) is 6.54 Å². The highest BCUT2D eigenvalue weighted by Gasteiger charge is 2.11. The van der Waals surface area contributed by atoms with Crippen LogP contribution in [0.3, 0.4) is 0 Å². The molecule has 1 amide bonds. The maximum absolute atomic E-state index is 11.6. The third kappa shape index (κ3) is 2.43. The Morgan fingerprint density at radius 2 is 2.29 bits per heavy atom. The number of carbonyl (C=O) groups excluding carboxylic acids is 1. The highest BCUT2D eigenvalue weighted by atomic mass is 16.1. The summed E-state index contributed by atoms with van der Waals surface area (Å²) in [7, 11) is 0. The van der Waals surface area contributed by atoms with Gasteiger partial charge in [-0.1, -0.05) is 19.9 Å². The van der Waals surface area contributed by atoms with E-state index in [1.165, 1.54) is 0 Å². The molecule has 17 heavy (non-hydrogen) atoms. The first-order valence-electron chi connectivity index (χ1n) is 5.78. The molecule has 0 radical (unpaired) electrons. The number of nitrogens with zero attached hydrogens (tertiary/aromatic N) is 3. The average molecular weight is 232 g/mol. The van der Waals surface area contributed by atoms with E-state index in [0.29, 0.717) is 6.54 Å². The molecule has 2 heterocycles. The molecule has 0 aliphatic rings. The lowest BCUT2D eigenvalue weighted by molar-refractivity contribution is -0.124. The fraction of sp³-hybridized carbons (Fsp3) is 0.417. The van der Waals surface area contributed by atoms with Crippen molar-refractivity contribution in [1.29, 1.82) is 0 Å². The van der Waals surface area contributed by atoms with Crippen molar-refractivity contribution < 1.29 is 4.79 Å². The van der Waals surface area contributed by atoms with Crippen LogP contribution >= 0.6 is 0 Å². The Morgan fingerprint density at radius 3 is 3.06 bits per heavy atom. The van der Waals surface area contributed by atoms with Crippen LogP contribution in [-0.2, 0) is 11.3 Å². The van der Waals surface area contributed by atoms with Gasteiger partial charge in [0.2, 0.25) is 5.91 Å². The second-order valence-electron chi connectivity index (χ2n) is 4.07. The first-order valence-corrected chi connectivity index (χ1v) is 5.78. The van der Waals surface area contributed by atoms with Gasteiger partial charge in [-0.3, -0.25) is 9.20 Å². The lowest BCUT2D eigenvalue weighted by atomic mass is 10.1. The third-order valence-corrected chi connectivity index (χ3v) is 2.87. The van der Waals surface area contributed by atoms with Crippen LogP contribution in [-0.4, -0.2) is 20.5 Å². The van der Waals surface area contributed by atoms with Crippen molar-refractivity contribution in [2.75, 3.05) is 0 Å². The van der Waals surface area contributed by atoms with Gasteiger partial charge in [-0.15, -0.1) is 10.2 Å². The average Bonchev–Trinajstić information content (AvgIpc) is 2.78. The Labute approximate surface area is 99.9 Å². The molecule has 1 atom stereocenters. The summed E-state index contributed by atoms with van der Waals surface area (Å²) in [5.74, 6) is 0.839. The van der Waals surface area contributed by atoms with Gasteiger partial charge in [0.25, 0.3) is 0 Å². The summed E-state index contributed by atoms with van der Waals surface area (Å²) in [6.07, 6.45) is 2.73. The Morgan fingerprint density at radius 1 is 1.47 bits per heavy atom. The van der Waals surface area contributed by atoms with E-state index in [2.05, 4.69) is 15.5 Å². The molecule has 2 aromatic heterocycles. The quantitative estimate of drug-likeness (QED) is 0.866. The molecule has 0 saturated carbocycles. The van der Waals surface area contributed by atoms with Crippen LogP contribution in [0, 0.1) is 5.92 Å². The molecule has 0 aliphatic carbocycles. The van der Waals surface area contributed by atoms with Crippen LogP contribution in [0.5, 0.6) is 0 Å². The maximum Gasteiger partial charge on any atom is 0.223 e. The van der Waals surface area contributed by atoms with Crippen LogP contribution in [0.2, 0.25) is 0 Å². The van der Waals surface area contributed by atoms with E-state index in [9.17, 15) is 4.79 Å². The zero-order valence-electron chi connectivity index (χ0n) is 10.1. The van der Waals surface area contributed by atoms with Crippen LogP contribution in [0.4, 0.5) is 0 Å². The Kier molecular flexibility index (Phi) is 3.37. The molecular weight excluding hydrogens is 216 g/mol. The summed E-state index contributed by atoms with van der Waals surface area (Å²) in [6.45, 7) is 4.32. The van der Waals surface area contributed by atoms with Gasteiger partial charge >= 0.3 is 0 Å². The first-order chi connectivity index (χ1) is 8.22. The smallest absolute Gasteiger partial charge is 0.223 e. The topological polar surface area (TPSA) is 59.3 Å². The van der Waals surface area contributed by atoms with Gasteiger partial charge in [0.1, 0.15) is 0 Å². The van der Waals surface area contributed by atoms with E-state index in [-0.39, 0.29) is 11.8 Å². The first kappa shape index (κ1) is 11.6. The summed E-state index contributed by atoms with van der Waals surface area (Å²) in [4.78, 5) is 11.6. The monoisotopic (exact) mass is 232 g/mol. The third-order valence-electron chi connectivity index (χ3n) is 2.87. The second kappa shape index (κ2) is 4.95. The van der Waals surface area contributed by atoms with E-state index in [4.69, 9.17) is 0 Å². The molecule has 0 unspecified atom stereocenters. The molecule has 0 bridgehead atoms. The molecule has 0 spiro atoms. The standard InChI is InChI=1S/C12H16N4O/c1-3-9(2)12(17)13-8-11-15-14-10-6-4-5-7-16(10)11/h4-7,9H,3,8H2,1-2H3,(H,13,17)/t9-/m1/s1. The Balaban J connectivity index is 2.07. The van der Waals surface area contributed by atoms with Crippen LogP contribution in [0.15, 0.2) is 24.4 Å². The molecule has 5 heteroatoms. The van der Waals surface area contributed by atoms with E-state index in [1.54, 1.807) is 0 Å². The highest BCUT2D eigenvalue weighted by Crippen LogP contribution is 2.04. The second-order valence-corrected chi connectivity index (χ2v) is 4.07. The van der Waals surface area contributed by atoms with Crippen molar-refractivity contribution in [2.45, 2.75) is 26.8 Å². The highest BCUT2D eigenvalue weighted by molar-refractivity contribution is 5.78. The number of hydrogen-bond donors (Lipinski definition) is 1. The van der Waals surface area contributed by atoms with Crippen molar-refractivity contribution >= 4 is 11.6 Å². The van der Waals surface area contributed by atoms with E-state index in [0.717, 1.165) is 17.9 Å². The van der Waals surface area contributed by atoms with Crippen molar-refractivity contribution in [3.8, 4) is 0 Å². The molecule has 2 aromatic rings. The maximum atomic E-state index is 11.6. The summed E-state index contributed by atoms with van der Waals surface area (Å²) in [6, 6.07) is 5.70. The number of amides is 1. The fourth-order valence-electron chi connectivity index (χ4n) is 1.54. The summed E-state index contributed by atoms with van der Waals surface area (Å²) < 4.78 is 1.87. The number of rotatable bonds is 4. The van der Waals surface area contributed by atoms with E-state index < -0.39 is 0 Å². The zero-order chi connectivity index (χ0) is 12.3. The largest absolute Gasteiger partial charge is 0.349 e. The van der Waals surface area contributed by atoms with Gasteiger partial charge in [-0.05, 0) is 18.6 Å². The number of aromatic nitrogens is 3. The molecule has 0 saturated heterocycles. The van der Waals surface area contributed by atoms with Crippen molar-refractivity contribution in [1.82, 2.24) is 19.9 Å². The van der Waals surface area contributed by atoms with Gasteiger partial charge in [-0.2, -0.15) is 0 Å². The van der Waals surface area contributed by atoms with Gasteiger partial charge < -0.3 is 5.32 Å². The lowest BCUT2D eigenvalue weighted by Gasteiger charge is -2.08. The molecule has 0 aliphatic heterocycles. The Bertz CT molecular complexity index is 520. The molecule has 2 rings (SSSR count). The fourth-order valence-corrected chi connectivity index (χ4v) is 1.54. The molecule has 90 valence electrons. The van der Waals surface area contributed by atoms with Crippen molar-refractivity contribution in [2.24, 2.45) is 5.92 Å². The number of carbonyl (C=O) groups is 1. The Hall–Kier alpha value is -1.91. The summed E-state index contributed by atoms with van der Waals surface area (Å²) in [5.41, 5.74) is 0.792. The SMILES string of the molecule is CC[C@@H](C)C(=O)NCc1nnc2ccccn12. The molecular formula is C12H16N4O. The number of fused-ring (bicyclic) bond motifs is 1. The van der Waals surface area contributed by atoms with Crippen molar-refractivity contribution in [3.05, 3.63) is 30.2 Å². The normalized spacial score (nSPS) is 12.6. The van der Waals surface area contributed by atoms with E-state index in [1.807, 2.05) is 42.6 Å². The predicted molar refractivity (Wildman–Crippen MR) is 64.3 cm³/mol. The van der Waals surface area contributed by atoms with Gasteiger partial charge in [0.15, 0.2) is 11.5 Å². The van der Waals surface area contributed by atoms with Crippen LogP contribution in [0.1, 0.15) is 26.1 Å².